The molecule has 2 heteroatoms. The molecule has 0 saturated heterocycles. The van der Waals surface area contributed by atoms with Gasteiger partial charge >= 0.3 is 0 Å². The molecule has 0 aliphatic rings. The Morgan fingerprint density at radius 1 is 1.54 bits per heavy atom. The molecule has 0 spiro atoms. The van der Waals surface area contributed by atoms with Gasteiger partial charge in [0.25, 0.3) is 0 Å². The summed E-state index contributed by atoms with van der Waals surface area (Å²) in [4.78, 5) is 10.6. The van der Waals surface area contributed by atoms with Gasteiger partial charge < -0.3 is 4.74 Å². The van der Waals surface area contributed by atoms with Crippen molar-refractivity contribution in [3.8, 4) is 18.1 Å². The van der Waals surface area contributed by atoms with E-state index in [2.05, 4.69) is 5.92 Å². The molecule has 0 saturated carbocycles. The second-order valence-electron chi connectivity index (χ2n) is 2.58. The molecule has 0 bridgehead atoms. The predicted molar refractivity (Wildman–Crippen MR) is 50.8 cm³/mol. The van der Waals surface area contributed by atoms with Crippen LogP contribution in [0.2, 0.25) is 0 Å². The number of terminal acetylenes is 1. The van der Waals surface area contributed by atoms with Gasteiger partial charge in [0.2, 0.25) is 0 Å². The van der Waals surface area contributed by atoms with E-state index in [1.54, 1.807) is 31.2 Å². The highest BCUT2D eigenvalue weighted by molar-refractivity contribution is 5.79. The summed E-state index contributed by atoms with van der Waals surface area (Å²) in [7, 11) is 0. The molecule has 0 amide bonds. The van der Waals surface area contributed by atoms with E-state index in [4.69, 9.17) is 11.2 Å². The molecule has 66 valence electrons. The molecule has 0 N–H and O–H groups in total. The summed E-state index contributed by atoms with van der Waals surface area (Å²) in [6.07, 6.45) is 5.58. The molecule has 0 fully saturated rings. The topological polar surface area (TPSA) is 26.3 Å². The van der Waals surface area contributed by atoms with Gasteiger partial charge in [-0.25, -0.2) is 0 Å². The van der Waals surface area contributed by atoms with E-state index in [0.29, 0.717) is 11.3 Å². The average molecular weight is 174 g/mol. The van der Waals surface area contributed by atoms with E-state index >= 15 is 0 Å². The van der Waals surface area contributed by atoms with Crippen molar-refractivity contribution in [2.75, 3.05) is 0 Å². The molecule has 2 nitrogen and oxygen atoms in total. The van der Waals surface area contributed by atoms with E-state index in [9.17, 15) is 4.79 Å². The molecule has 0 radical (unpaired) electrons. The van der Waals surface area contributed by atoms with Crippen LogP contribution < -0.4 is 4.74 Å². The first-order chi connectivity index (χ1) is 6.27. The van der Waals surface area contributed by atoms with Crippen LogP contribution in [-0.4, -0.2) is 12.4 Å². The average Bonchev–Trinajstić information content (AvgIpc) is 2.18. The Bertz CT molecular complexity index is 336. The monoisotopic (exact) mass is 174 g/mol. The van der Waals surface area contributed by atoms with Crippen molar-refractivity contribution in [1.82, 2.24) is 0 Å². The minimum absolute atomic E-state index is 0.318. The third-order valence-electron chi connectivity index (χ3n) is 1.58. The summed E-state index contributed by atoms with van der Waals surface area (Å²) >= 11 is 0. The third-order valence-corrected chi connectivity index (χ3v) is 1.58. The number of hydrogen-bond donors (Lipinski definition) is 0. The lowest BCUT2D eigenvalue weighted by Crippen LogP contribution is -2.09. The first-order valence-electron chi connectivity index (χ1n) is 3.95. The quantitative estimate of drug-likeness (QED) is 0.516. The van der Waals surface area contributed by atoms with Crippen molar-refractivity contribution in [3.63, 3.8) is 0 Å². The molecule has 0 aliphatic heterocycles. The lowest BCUT2D eigenvalue weighted by Gasteiger charge is -2.09. The van der Waals surface area contributed by atoms with Gasteiger partial charge in [-0.05, 0) is 19.1 Å². The van der Waals surface area contributed by atoms with Gasteiger partial charge in [0, 0.05) is 0 Å². The van der Waals surface area contributed by atoms with E-state index in [-0.39, 0.29) is 6.10 Å². The Morgan fingerprint density at radius 2 is 2.23 bits per heavy atom. The summed E-state index contributed by atoms with van der Waals surface area (Å²) < 4.78 is 5.32. The number of benzene rings is 1. The first-order valence-corrected chi connectivity index (χ1v) is 3.95. The van der Waals surface area contributed by atoms with Crippen LogP contribution in [-0.2, 0) is 0 Å². The number of hydrogen-bond acceptors (Lipinski definition) is 2. The highest BCUT2D eigenvalue weighted by Crippen LogP contribution is 2.16. The van der Waals surface area contributed by atoms with Crippen LogP contribution in [0, 0.1) is 12.3 Å². The van der Waals surface area contributed by atoms with Crippen molar-refractivity contribution in [2.24, 2.45) is 0 Å². The minimum Gasteiger partial charge on any atom is -0.477 e. The van der Waals surface area contributed by atoms with Crippen molar-refractivity contribution in [3.05, 3.63) is 29.8 Å². The van der Waals surface area contributed by atoms with E-state index in [1.165, 1.54) is 0 Å². The predicted octanol–water partition coefficient (Wildman–Crippen LogP) is 1.90. The van der Waals surface area contributed by atoms with Crippen LogP contribution in [0.1, 0.15) is 17.3 Å². The summed E-state index contributed by atoms with van der Waals surface area (Å²) in [6, 6.07) is 6.98. The van der Waals surface area contributed by atoms with Gasteiger partial charge in [0.15, 0.2) is 12.4 Å². The van der Waals surface area contributed by atoms with E-state index in [0.717, 1.165) is 6.29 Å². The molecule has 1 unspecified atom stereocenters. The molecule has 0 aromatic heterocycles. The fraction of sp³-hybridized carbons (Fsp3) is 0.182. The lowest BCUT2D eigenvalue weighted by molar-refractivity contribution is 0.111. The van der Waals surface area contributed by atoms with Crippen molar-refractivity contribution < 1.29 is 9.53 Å². The molecule has 1 aromatic rings. The largest absolute Gasteiger partial charge is 0.477 e. The zero-order chi connectivity index (χ0) is 9.68. The summed E-state index contributed by atoms with van der Waals surface area (Å²) in [5.41, 5.74) is 0.518. The van der Waals surface area contributed by atoms with Gasteiger partial charge in [-0.2, -0.15) is 0 Å². The van der Waals surface area contributed by atoms with Crippen molar-refractivity contribution in [1.29, 1.82) is 0 Å². The third kappa shape index (κ3) is 2.34. The van der Waals surface area contributed by atoms with Gasteiger partial charge in [-0.15, -0.1) is 6.42 Å². The number of carbonyl (C=O) groups excluding carboxylic acids is 1. The number of para-hydroxylation sites is 1. The normalized spacial score (nSPS) is 11.4. The van der Waals surface area contributed by atoms with Gasteiger partial charge in [0.1, 0.15) is 5.75 Å². The molecule has 1 aromatic carbocycles. The Labute approximate surface area is 77.5 Å². The van der Waals surface area contributed by atoms with Gasteiger partial charge in [-0.1, -0.05) is 18.1 Å². The van der Waals surface area contributed by atoms with Crippen LogP contribution in [0.15, 0.2) is 24.3 Å². The molecular formula is C11H10O2. The fourth-order valence-electron chi connectivity index (χ4n) is 0.910. The summed E-state index contributed by atoms with van der Waals surface area (Å²) in [5, 5.41) is 0. The summed E-state index contributed by atoms with van der Waals surface area (Å²) in [6.45, 7) is 1.75. The molecule has 0 heterocycles. The second kappa shape index (κ2) is 4.32. The molecule has 1 atom stereocenters. The second-order valence-corrected chi connectivity index (χ2v) is 2.58. The number of aldehydes is 1. The molecule has 13 heavy (non-hydrogen) atoms. The van der Waals surface area contributed by atoms with Crippen molar-refractivity contribution >= 4 is 6.29 Å². The standard InChI is InChI=1S/C11H10O2/c1-3-9(2)13-11-7-5-4-6-10(11)8-12/h1,4-9H,2H3. The van der Waals surface area contributed by atoms with Gasteiger partial charge in [-0.3, -0.25) is 4.79 Å². The number of carbonyl (C=O) groups is 1. The number of rotatable bonds is 3. The Balaban J connectivity index is 2.88. The zero-order valence-corrected chi connectivity index (χ0v) is 7.36. The zero-order valence-electron chi connectivity index (χ0n) is 7.36. The molecule has 0 aliphatic carbocycles. The van der Waals surface area contributed by atoms with Crippen LogP contribution in [0.25, 0.3) is 0 Å². The molecular weight excluding hydrogens is 164 g/mol. The SMILES string of the molecule is C#CC(C)Oc1ccccc1C=O. The Hall–Kier alpha value is -1.75. The lowest BCUT2D eigenvalue weighted by atomic mass is 10.2. The minimum atomic E-state index is -0.318. The fourth-order valence-corrected chi connectivity index (χ4v) is 0.910. The Morgan fingerprint density at radius 3 is 2.85 bits per heavy atom. The van der Waals surface area contributed by atoms with Gasteiger partial charge in [0.05, 0.1) is 5.56 Å². The van der Waals surface area contributed by atoms with Crippen LogP contribution in [0.3, 0.4) is 0 Å². The highest BCUT2D eigenvalue weighted by atomic mass is 16.5. The van der Waals surface area contributed by atoms with Crippen molar-refractivity contribution in [2.45, 2.75) is 13.0 Å². The summed E-state index contributed by atoms with van der Waals surface area (Å²) in [5.74, 6) is 2.96. The maximum Gasteiger partial charge on any atom is 0.156 e. The Kier molecular flexibility index (Phi) is 3.10. The first kappa shape index (κ1) is 9.34. The highest BCUT2D eigenvalue weighted by Gasteiger charge is 2.03. The maximum absolute atomic E-state index is 10.6. The van der Waals surface area contributed by atoms with E-state index in [1.807, 2.05) is 0 Å². The number of ether oxygens (including phenoxy) is 1. The van der Waals surface area contributed by atoms with Crippen LogP contribution in [0.4, 0.5) is 0 Å². The molecule has 1 rings (SSSR count). The van der Waals surface area contributed by atoms with Crippen LogP contribution >= 0.6 is 0 Å². The van der Waals surface area contributed by atoms with E-state index < -0.39 is 0 Å². The maximum atomic E-state index is 10.6. The smallest absolute Gasteiger partial charge is 0.156 e. The van der Waals surface area contributed by atoms with Crippen LogP contribution in [0.5, 0.6) is 5.75 Å².